The van der Waals surface area contributed by atoms with Gasteiger partial charge in [0.05, 0.1) is 16.8 Å². The van der Waals surface area contributed by atoms with Gasteiger partial charge in [-0.25, -0.2) is 31.8 Å². The number of rotatable bonds is 9. The van der Waals surface area contributed by atoms with E-state index in [4.69, 9.17) is 0 Å². The number of sulfonamides is 1. The van der Waals surface area contributed by atoms with Crippen LogP contribution in [0.3, 0.4) is 0 Å². The summed E-state index contributed by atoms with van der Waals surface area (Å²) < 4.78 is 90.3. The molecule has 6 rings (SSSR count). The van der Waals surface area contributed by atoms with Crippen molar-refractivity contribution >= 4 is 48.9 Å². The van der Waals surface area contributed by atoms with Gasteiger partial charge >= 0.3 is 6.18 Å². The van der Waals surface area contributed by atoms with Crippen molar-refractivity contribution in [1.29, 1.82) is 0 Å². The second-order valence-corrected chi connectivity index (χ2v) is 16.6. The van der Waals surface area contributed by atoms with Crippen molar-refractivity contribution < 1.29 is 30.0 Å². The maximum absolute atomic E-state index is 13.7. The molecule has 0 saturated carbocycles. The first-order chi connectivity index (χ1) is 23.5. The molecule has 2 unspecified atom stereocenters. The number of benzene rings is 1. The summed E-state index contributed by atoms with van der Waals surface area (Å²) in [6, 6.07) is 12.4. The fourth-order valence-electron chi connectivity index (χ4n) is 6.12. The highest BCUT2D eigenvalue weighted by Crippen LogP contribution is 2.53. The van der Waals surface area contributed by atoms with Crippen LogP contribution in [-0.2, 0) is 39.0 Å². The number of nitrogens with zero attached hydrogens (tertiary/aromatic N) is 6. The molecule has 2 bridgehead atoms. The van der Waals surface area contributed by atoms with Crippen molar-refractivity contribution in [2.24, 2.45) is 0 Å². The van der Waals surface area contributed by atoms with E-state index in [0.717, 1.165) is 35.7 Å². The highest BCUT2D eigenvalue weighted by molar-refractivity contribution is 7.92. The Kier molecular flexibility index (Phi) is 10.6. The van der Waals surface area contributed by atoms with Gasteiger partial charge in [0.25, 0.3) is 0 Å². The lowest BCUT2D eigenvalue weighted by molar-refractivity contribution is -0.137. The molecule has 4 aromatic rings. The molecule has 0 amide bonds. The zero-order valence-electron chi connectivity index (χ0n) is 28.2. The van der Waals surface area contributed by atoms with Crippen LogP contribution in [0.25, 0.3) is 0 Å². The number of halogens is 3. The van der Waals surface area contributed by atoms with E-state index in [1.807, 2.05) is 13.0 Å². The van der Waals surface area contributed by atoms with Crippen LogP contribution >= 0.6 is 0 Å². The molecule has 2 aliphatic rings. The molecule has 2 N–H and O–H groups in total. The van der Waals surface area contributed by atoms with E-state index in [-0.39, 0.29) is 18.3 Å². The van der Waals surface area contributed by atoms with Gasteiger partial charge in [-0.05, 0) is 60.2 Å². The summed E-state index contributed by atoms with van der Waals surface area (Å²) in [4.78, 5) is 18.1. The van der Waals surface area contributed by atoms with Crippen LogP contribution in [0.15, 0.2) is 61.1 Å². The lowest BCUT2D eigenvalue weighted by atomic mass is 10.0. The van der Waals surface area contributed by atoms with E-state index in [9.17, 15) is 30.0 Å². The van der Waals surface area contributed by atoms with E-state index in [0.29, 0.717) is 35.7 Å². The SMILES string of the molecule is CCc1cccnc1N(C)S(C)(=O)=O.CN(C)c1ncccc1CNc1nc(Nc2ccc3c(c2)C2CCCC3S2(=O)=O)ncc1C(F)(F)F. The molecule has 0 radical (unpaired) electrons. The van der Waals surface area contributed by atoms with Crippen LogP contribution in [-0.4, -0.2) is 64.2 Å². The fourth-order valence-corrected chi connectivity index (χ4v) is 9.11. The maximum Gasteiger partial charge on any atom is 0.421 e. The maximum atomic E-state index is 13.7. The van der Waals surface area contributed by atoms with Gasteiger partial charge in [0.15, 0.2) is 9.84 Å². The van der Waals surface area contributed by atoms with Crippen molar-refractivity contribution in [2.45, 2.75) is 55.8 Å². The van der Waals surface area contributed by atoms with E-state index in [1.54, 1.807) is 67.8 Å². The molecule has 268 valence electrons. The molecule has 50 heavy (non-hydrogen) atoms. The van der Waals surface area contributed by atoms with Gasteiger partial charge in [-0.15, -0.1) is 0 Å². The topological polar surface area (TPSA) is 150 Å². The summed E-state index contributed by atoms with van der Waals surface area (Å²) in [6.45, 7) is 2.04. The Bertz CT molecular complexity index is 2080. The second-order valence-electron chi connectivity index (χ2n) is 12.2. The van der Waals surface area contributed by atoms with Crippen molar-refractivity contribution in [3.63, 3.8) is 0 Å². The summed E-state index contributed by atoms with van der Waals surface area (Å²) in [5, 5.41) is 4.71. The summed E-state index contributed by atoms with van der Waals surface area (Å²) in [7, 11) is -1.36. The number of pyridine rings is 2. The lowest BCUT2D eigenvalue weighted by Crippen LogP contribution is -2.26. The van der Waals surface area contributed by atoms with Crippen molar-refractivity contribution in [2.75, 3.05) is 47.2 Å². The van der Waals surface area contributed by atoms with Gasteiger partial charge in [-0.1, -0.05) is 31.5 Å². The number of fused-ring (bicyclic) bond motifs is 5. The summed E-state index contributed by atoms with van der Waals surface area (Å²) in [5.74, 6) is 0.739. The van der Waals surface area contributed by atoms with E-state index >= 15 is 0 Å². The number of hydrogen-bond donors (Lipinski definition) is 2. The molecule has 0 aliphatic carbocycles. The molecular weight excluding hydrogens is 694 g/mol. The Labute approximate surface area is 290 Å². The minimum atomic E-state index is -4.65. The number of hydrogen-bond acceptors (Lipinski definition) is 11. The highest BCUT2D eigenvalue weighted by Gasteiger charge is 2.47. The van der Waals surface area contributed by atoms with Crippen LogP contribution in [0.2, 0.25) is 0 Å². The Hall–Kier alpha value is -4.51. The summed E-state index contributed by atoms with van der Waals surface area (Å²) >= 11 is 0. The van der Waals surface area contributed by atoms with Crippen LogP contribution in [0.1, 0.15) is 64.5 Å². The average Bonchev–Trinajstić information content (AvgIpc) is 3.17. The van der Waals surface area contributed by atoms with Crippen LogP contribution in [0.4, 0.5) is 42.3 Å². The Balaban J connectivity index is 0.000000292. The van der Waals surface area contributed by atoms with Crippen molar-refractivity contribution in [1.82, 2.24) is 19.9 Å². The first-order valence-electron chi connectivity index (χ1n) is 15.8. The van der Waals surface area contributed by atoms with E-state index in [1.165, 1.54) is 17.6 Å². The third kappa shape index (κ3) is 7.78. The molecule has 5 heterocycles. The van der Waals surface area contributed by atoms with Crippen LogP contribution in [0.5, 0.6) is 0 Å². The standard InChI is InChI=1S/C24H25F3N6O2S.C9H14N2O2S/c1-33(2)22-14(5-4-10-28-22)12-29-21-18(24(25,26)27)13-30-23(32-21)31-15-8-9-16-17(11-15)20-7-3-6-19(16)36(20,34)35;1-4-8-6-5-7-10-9(8)11(2)14(3,12)13/h4-5,8-11,13,19-20H,3,6-7,12H2,1-2H3,(H2,29,30,31,32);5-7H,4H2,1-3H3. The molecule has 0 spiro atoms. The van der Waals surface area contributed by atoms with Crippen LogP contribution in [0, 0.1) is 0 Å². The molecule has 1 aromatic carbocycles. The van der Waals surface area contributed by atoms with E-state index < -0.39 is 42.1 Å². The Morgan fingerprint density at radius 3 is 2.18 bits per heavy atom. The first-order valence-corrected chi connectivity index (χ1v) is 19.3. The van der Waals surface area contributed by atoms with Crippen LogP contribution < -0.4 is 19.8 Å². The fraction of sp³-hybridized carbons (Fsp3) is 0.394. The number of aryl methyl sites for hydroxylation is 1. The monoisotopic (exact) mass is 732 g/mol. The van der Waals surface area contributed by atoms with Gasteiger partial charge in [-0.3, -0.25) is 4.31 Å². The average molecular weight is 733 g/mol. The molecule has 2 aliphatic heterocycles. The highest BCUT2D eigenvalue weighted by atomic mass is 32.2. The summed E-state index contributed by atoms with van der Waals surface area (Å²) in [6.07, 6.45) is 3.25. The van der Waals surface area contributed by atoms with E-state index in [2.05, 4.69) is 30.6 Å². The third-order valence-corrected chi connectivity index (χ3v) is 12.4. The number of anilines is 5. The van der Waals surface area contributed by atoms with Crippen molar-refractivity contribution in [3.8, 4) is 0 Å². The van der Waals surface area contributed by atoms with Gasteiger partial charge in [0.1, 0.15) is 23.0 Å². The number of alkyl halides is 3. The minimum Gasteiger partial charge on any atom is -0.365 e. The molecular formula is C33H39F3N8O4S2. The predicted octanol–water partition coefficient (Wildman–Crippen LogP) is 6.05. The number of nitrogens with one attached hydrogen (secondary N) is 2. The predicted molar refractivity (Wildman–Crippen MR) is 188 cm³/mol. The van der Waals surface area contributed by atoms with Gasteiger partial charge in [0, 0.05) is 57.5 Å². The third-order valence-electron chi connectivity index (χ3n) is 8.64. The number of aromatic nitrogens is 4. The first kappa shape index (κ1) is 36.8. The van der Waals surface area contributed by atoms with Crippen molar-refractivity contribution in [3.05, 3.63) is 88.9 Å². The molecule has 2 atom stereocenters. The summed E-state index contributed by atoms with van der Waals surface area (Å²) in [5.41, 5.74) is 2.73. The van der Waals surface area contributed by atoms with Gasteiger partial charge in [0.2, 0.25) is 16.0 Å². The second kappa shape index (κ2) is 14.4. The molecule has 3 aromatic heterocycles. The quantitative estimate of drug-likeness (QED) is 0.207. The zero-order chi connectivity index (χ0) is 36.4. The lowest BCUT2D eigenvalue weighted by Gasteiger charge is -2.19. The molecule has 17 heteroatoms. The smallest absolute Gasteiger partial charge is 0.365 e. The normalized spacial score (nSPS) is 17.6. The molecule has 1 fully saturated rings. The molecule has 1 saturated heterocycles. The van der Waals surface area contributed by atoms with Gasteiger partial charge in [-0.2, -0.15) is 18.2 Å². The number of sulfone groups is 1. The minimum absolute atomic E-state index is 0.0340. The largest absolute Gasteiger partial charge is 0.421 e. The Morgan fingerprint density at radius 2 is 1.56 bits per heavy atom. The van der Waals surface area contributed by atoms with Gasteiger partial charge < -0.3 is 15.5 Å². The molecule has 12 nitrogen and oxygen atoms in total. The Morgan fingerprint density at radius 1 is 0.920 bits per heavy atom. The zero-order valence-corrected chi connectivity index (χ0v) is 29.9.